The molecular formula is C10H18N4O. The fraction of sp³-hybridized carbons (Fsp3) is 0.700. The maximum Gasteiger partial charge on any atom is 0.150 e. The van der Waals surface area contributed by atoms with Gasteiger partial charge in [-0.05, 0) is 6.42 Å². The summed E-state index contributed by atoms with van der Waals surface area (Å²) in [4.78, 5) is 2.25. The fourth-order valence-corrected chi connectivity index (χ4v) is 1.89. The highest BCUT2D eigenvalue weighted by molar-refractivity contribution is 5.62. The van der Waals surface area contributed by atoms with Crippen LogP contribution in [0.2, 0.25) is 0 Å². The summed E-state index contributed by atoms with van der Waals surface area (Å²) in [5.74, 6) is 1.06. The van der Waals surface area contributed by atoms with Crippen molar-refractivity contribution < 1.29 is 4.74 Å². The zero-order valence-corrected chi connectivity index (χ0v) is 9.15. The SMILES string of the molecule is CCCn1ncc(N)c1N1CCOCC1. The van der Waals surface area contributed by atoms with E-state index in [1.54, 1.807) is 6.20 Å². The minimum Gasteiger partial charge on any atom is -0.394 e. The average Bonchev–Trinajstić information content (AvgIpc) is 2.62. The van der Waals surface area contributed by atoms with Crippen LogP contribution in [0.4, 0.5) is 11.5 Å². The molecule has 0 atom stereocenters. The molecule has 1 aliphatic rings. The molecule has 0 saturated carbocycles. The molecule has 0 unspecified atom stereocenters. The van der Waals surface area contributed by atoms with E-state index in [1.165, 1.54) is 0 Å². The van der Waals surface area contributed by atoms with Gasteiger partial charge in [0.15, 0.2) is 5.82 Å². The van der Waals surface area contributed by atoms with Crippen LogP contribution in [-0.2, 0) is 11.3 Å². The Hall–Kier alpha value is -1.23. The lowest BCUT2D eigenvalue weighted by Gasteiger charge is -2.29. The minimum atomic E-state index is 0.769. The van der Waals surface area contributed by atoms with Gasteiger partial charge in [-0.25, -0.2) is 4.68 Å². The summed E-state index contributed by atoms with van der Waals surface area (Å²) in [5.41, 5.74) is 6.71. The molecule has 1 fully saturated rings. The van der Waals surface area contributed by atoms with E-state index >= 15 is 0 Å². The van der Waals surface area contributed by atoms with Gasteiger partial charge in [0.1, 0.15) is 0 Å². The van der Waals surface area contributed by atoms with Crippen LogP contribution in [0, 0.1) is 0 Å². The van der Waals surface area contributed by atoms with E-state index in [2.05, 4.69) is 16.9 Å². The van der Waals surface area contributed by atoms with Gasteiger partial charge in [-0.3, -0.25) is 0 Å². The normalized spacial score (nSPS) is 17.0. The molecule has 2 rings (SSSR count). The summed E-state index contributed by atoms with van der Waals surface area (Å²) in [5, 5.41) is 4.29. The number of aryl methyl sites for hydroxylation is 1. The van der Waals surface area contributed by atoms with Crippen molar-refractivity contribution >= 4 is 11.5 Å². The minimum absolute atomic E-state index is 0.769. The molecule has 0 radical (unpaired) electrons. The van der Waals surface area contributed by atoms with Gasteiger partial charge in [0.2, 0.25) is 0 Å². The third-order valence-electron chi connectivity index (χ3n) is 2.58. The number of anilines is 2. The predicted octanol–water partition coefficient (Wildman–Crippen LogP) is 0.712. The summed E-state index contributed by atoms with van der Waals surface area (Å²) in [6.07, 6.45) is 2.80. The van der Waals surface area contributed by atoms with Gasteiger partial charge in [0, 0.05) is 19.6 Å². The summed E-state index contributed by atoms with van der Waals surface area (Å²) < 4.78 is 7.31. The first-order valence-electron chi connectivity index (χ1n) is 5.47. The molecule has 0 amide bonds. The topological polar surface area (TPSA) is 56.3 Å². The van der Waals surface area contributed by atoms with Crippen LogP contribution in [0.3, 0.4) is 0 Å². The number of aromatic nitrogens is 2. The van der Waals surface area contributed by atoms with Gasteiger partial charge in [-0.15, -0.1) is 0 Å². The third kappa shape index (κ3) is 2.07. The quantitative estimate of drug-likeness (QED) is 0.798. The molecule has 0 aliphatic carbocycles. The summed E-state index contributed by atoms with van der Waals surface area (Å²) in [7, 11) is 0. The molecule has 0 spiro atoms. The number of morpholine rings is 1. The van der Waals surface area contributed by atoms with Crippen molar-refractivity contribution in [3.05, 3.63) is 6.20 Å². The molecular weight excluding hydrogens is 192 g/mol. The second-order valence-corrected chi connectivity index (χ2v) is 3.75. The second kappa shape index (κ2) is 4.53. The maximum atomic E-state index is 5.94. The van der Waals surface area contributed by atoms with Crippen molar-refractivity contribution in [2.45, 2.75) is 19.9 Å². The number of nitrogen functional groups attached to an aromatic ring is 1. The van der Waals surface area contributed by atoms with Gasteiger partial charge in [-0.1, -0.05) is 6.92 Å². The highest BCUT2D eigenvalue weighted by Gasteiger charge is 2.18. The van der Waals surface area contributed by atoms with E-state index in [9.17, 15) is 0 Å². The van der Waals surface area contributed by atoms with Crippen molar-refractivity contribution in [1.29, 1.82) is 0 Å². The molecule has 5 nitrogen and oxygen atoms in total. The van der Waals surface area contributed by atoms with E-state index in [0.29, 0.717) is 0 Å². The molecule has 5 heteroatoms. The lowest BCUT2D eigenvalue weighted by atomic mass is 10.3. The Kier molecular flexibility index (Phi) is 3.11. The van der Waals surface area contributed by atoms with Crippen LogP contribution in [0.1, 0.15) is 13.3 Å². The van der Waals surface area contributed by atoms with Crippen molar-refractivity contribution in [3.63, 3.8) is 0 Å². The molecule has 84 valence electrons. The van der Waals surface area contributed by atoms with E-state index in [-0.39, 0.29) is 0 Å². The van der Waals surface area contributed by atoms with E-state index in [0.717, 1.165) is 50.8 Å². The first-order chi connectivity index (χ1) is 7.33. The monoisotopic (exact) mass is 210 g/mol. The number of hydrogen-bond acceptors (Lipinski definition) is 4. The van der Waals surface area contributed by atoms with Gasteiger partial charge in [0.05, 0.1) is 25.1 Å². The summed E-state index contributed by atoms with van der Waals surface area (Å²) in [6.45, 7) is 6.41. The fourth-order valence-electron chi connectivity index (χ4n) is 1.89. The van der Waals surface area contributed by atoms with Crippen LogP contribution in [0.25, 0.3) is 0 Å². The Labute approximate surface area is 89.8 Å². The van der Waals surface area contributed by atoms with Crippen LogP contribution in [0.15, 0.2) is 6.20 Å². The van der Waals surface area contributed by atoms with Crippen LogP contribution >= 0.6 is 0 Å². The molecule has 1 aromatic rings. The van der Waals surface area contributed by atoms with Crippen LogP contribution in [-0.4, -0.2) is 36.1 Å². The lowest BCUT2D eigenvalue weighted by Crippen LogP contribution is -2.38. The highest BCUT2D eigenvalue weighted by Crippen LogP contribution is 2.23. The van der Waals surface area contributed by atoms with E-state index < -0.39 is 0 Å². The Morgan fingerprint density at radius 3 is 2.87 bits per heavy atom. The molecule has 2 heterocycles. The second-order valence-electron chi connectivity index (χ2n) is 3.75. The highest BCUT2D eigenvalue weighted by atomic mass is 16.5. The van der Waals surface area contributed by atoms with Gasteiger partial charge >= 0.3 is 0 Å². The number of ether oxygens (including phenoxy) is 1. The first kappa shape index (κ1) is 10.3. The number of nitrogens with two attached hydrogens (primary N) is 1. The Bertz CT molecular complexity index is 317. The molecule has 15 heavy (non-hydrogen) atoms. The lowest BCUT2D eigenvalue weighted by molar-refractivity contribution is 0.122. The zero-order chi connectivity index (χ0) is 10.7. The van der Waals surface area contributed by atoms with Crippen LogP contribution in [0.5, 0.6) is 0 Å². The van der Waals surface area contributed by atoms with Crippen molar-refractivity contribution in [1.82, 2.24) is 9.78 Å². The molecule has 1 aliphatic heterocycles. The van der Waals surface area contributed by atoms with Gasteiger partial charge in [-0.2, -0.15) is 5.10 Å². The first-order valence-corrected chi connectivity index (χ1v) is 5.47. The largest absolute Gasteiger partial charge is 0.394 e. The molecule has 0 aromatic carbocycles. The van der Waals surface area contributed by atoms with Crippen molar-refractivity contribution in [3.8, 4) is 0 Å². The Morgan fingerprint density at radius 1 is 1.47 bits per heavy atom. The van der Waals surface area contributed by atoms with E-state index in [1.807, 2.05) is 4.68 Å². The van der Waals surface area contributed by atoms with E-state index in [4.69, 9.17) is 10.5 Å². The molecule has 1 aromatic heterocycles. The summed E-state index contributed by atoms with van der Waals surface area (Å²) >= 11 is 0. The maximum absolute atomic E-state index is 5.94. The molecule has 2 N–H and O–H groups in total. The zero-order valence-electron chi connectivity index (χ0n) is 9.15. The summed E-state index contributed by atoms with van der Waals surface area (Å²) in [6, 6.07) is 0. The van der Waals surface area contributed by atoms with Crippen molar-refractivity contribution in [2.75, 3.05) is 36.9 Å². The molecule has 0 bridgehead atoms. The number of rotatable bonds is 3. The standard InChI is InChI=1S/C10H18N4O/c1-2-3-14-10(9(11)8-12-14)13-4-6-15-7-5-13/h8H,2-7,11H2,1H3. The Balaban J connectivity index is 2.19. The Morgan fingerprint density at radius 2 is 2.20 bits per heavy atom. The van der Waals surface area contributed by atoms with Gasteiger partial charge < -0.3 is 15.4 Å². The molecule has 1 saturated heterocycles. The van der Waals surface area contributed by atoms with Crippen molar-refractivity contribution in [2.24, 2.45) is 0 Å². The average molecular weight is 210 g/mol. The van der Waals surface area contributed by atoms with Gasteiger partial charge in [0.25, 0.3) is 0 Å². The smallest absolute Gasteiger partial charge is 0.150 e. The number of nitrogens with zero attached hydrogens (tertiary/aromatic N) is 3. The third-order valence-corrected chi connectivity index (χ3v) is 2.58. The van der Waals surface area contributed by atoms with Crippen LogP contribution < -0.4 is 10.6 Å². The number of hydrogen-bond donors (Lipinski definition) is 1. The predicted molar refractivity (Wildman–Crippen MR) is 60.0 cm³/mol.